The molecule has 0 aliphatic heterocycles. The van der Waals surface area contributed by atoms with Crippen LogP contribution in [0.25, 0.3) is 11.3 Å². The number of aryl methyl sites for hydroxylation is 2. The maximum atomic E-state index is 12.7. The molecule has 1 N–H and O–H groups in total. The van der Waals surface area contributed by atoms with Gasteiger partial charge in [0.05, 0.1) is 11.7 Å². The number of pyridine rings is 1. The summed E-state index contributed by atoms with van der Waals surface area (Å²) in [6.07, 6.45) is 0. The SMILES string of the molecule is Cc1cc(C)nc(-c2cccc(C(=O)NCC(c3cccs3)N(C)C)c2)c1. The average Bonchev–Trinajstić information content (AvgIpc) is 3.15. The Kier molecular flexibility index (Phi) is 6.04. The van der Waals surface area contributed by atoms with Crippen molar-refractivity contribution in [1.82, 2.24) is 15.2 Å². The molecule has 0 fully saturated rings. The topological polar surface area (TPSA) is 45.2 Å². The van der Waals surface area contributed by atoms with Crippen molar-refractivity contribution in [3.8, 4) is 11.3 Å². The number of thiophene rings is 1. The Labute approximate surface area is 164 Å². The van der Waals surface area contributed by atoms with E-state index in [1.54, 1.807) is 11.3 Å². The smallest absolute Gasteiger partial charge is 0.251 e. The summed E-state index contributed by atoms with van der Waals surface area (Å²) in [6, 6.07) is 16.1. The molecule has 0 bridgehead atoms. The molecule has 0 radical (unpaired) electrons. The highest BCUT2D eigenvalue weighted by molar-refractivity contribution is 7.10. The van der Waals surface area contributed by atoms with Crippen LogP contribution in [0, 0.1) is 13.8 Å². The number of hydrogen-bond donors (Lipinski definition) is 1. The number of carbonyl (C=O) groups is 1. The predicted octanol–water partition coefficient (Wildman–Crippen LogP) is 4.46. The molecule has 4 nitrogen and oxygen atoms in total. The molecule has 3 aromatic rings. The highest BCUT2D eigenvalue weighted by Gasteiger charge is 2.17. The number of likely N-dealkylation sites (N-methyl/N-ethyl adjacent to an activating group) is 1. The Bertz CT molecular complexity index is 899. The molecule has 140 valence electrons. The van der Waals surface area contributed by atoms with Crippen molar-refractivity contribution in [2.24, 2.45) is 0 Å². The molecule has 0 saturated heterocycles. The normalized spacial score (nSPS) is 12.2. The minimum Gasteiger partial charge on any atom is -0.350 e. The number of hydrogen-bond acceptors (Lipinski definition) is 4. The van der Waals surface area contributed by atoms with Gasteiger partial charge in [0, 0.05) is 28.2 Å². The first-order chi connectivity index (χ1) is 12.9. The van der Waals surface area contributed by atoms with Crippen LogP contribution >= 0.6 is 11.3 Å². The summed E-state index contributed by atoms with van der Waals surface area (Å²) in [6.45, 7) is 4.61. The van der Waals surface area contributed by atoms with Gasteiger partial charge in [-0.3, -0.25) is 9.78 Å². The predicted molar refractivity (Wildman–Crippen MR) is 112 cm³/mol. The van der Waals surface area contributed by atoms with Crippen LogP contribution in [0.15, 0.2) is 53.9 Å². The van der Waals surface area contributed by atoms with Gasteiger partial charge in [0.2, 0.25) is 0 Å². The summed E-state index contributed by atoms with van der Waals surface area (Å²) in [7, 11) is 4.06. The van der Waals surface area contributed by atoms with Gasteiger partial charge in [0.25, 0.3) is 5.91 Å². The van der Waals surface area contributed by atoms with Crippen molar-refractivity contribution in [1.29, 1.82) is 0 Å². The zero-order valence-corrected chi connectivity index (χ0v) is 17.0. The molecule has 1 aromatic carbocycles. The van der Waals surface area contributed by atoms with Crippen molar-refractivity contribution in [2.45, 2.75) is 19.9 Å². The van der Waals surface area contributed by atoms with Crippen LogP contribution in [0.3, 0.4) is 0 Å². The quantitative estimate of drug-likeness (QED) is 0.688. The number of amides is 1. The number of nitrogens with zero attached hydrogens (tertiary/aromatic N) is 2. The Hall–Kier alpha value is -2.50. The summed E-state index contributed by atoms with van der Waals surface area (Å²) in [5, 5.41) is 5.14. The molecule has 1 amide bonds. The van der Waals surface area contributed by atoms with E-state index in [4.69, 9.17) is 0 Å². The highest BCUT2D eigenvalue weighted by Crippen LogP contribution is 2.23. The lowest BCUT2D eigenvalue weighted by molar-refractivity contribution is 0.0942. The lowest BCUT2D eigenvalue weighted by Gasteiger charge is -2.23. The monoisotopic (exact) mass is 379 g/mol. The first kappa shape index (κ1) is 19.3. The number of benzene rings is 1. The minimum atomic E-state index is -0.0652. The molecule has 5 heteroatoms. The molecule has 1 atom stereocenters. The molecule has 0 saturated carbocycles. The van der Waals surface area contributed by atoms with E-state index in [-0.39, 0.29) is 11.9 Å². The van der Waals surface area contributed by atoms with Crippen LogP contribution in [0.4, 0.5) is 0 Å². The van der Waals surface area contributed by atoms with Gasteiger partial charge in [-0.15, -0.1) is 11.3 Å². The molecule has 2 heterocycles. The first-order valence-corrected chi connectivity index (χ1v) is 9.86. The van der Waals surface area contributed by atoms with Crippen molar-refractivity contribution in [3.05, 3.63) is 75.6 Å². The van der Waals surface area contributed by atoms with E-state index >= 15 is 0 Å². The van der Waals surface area contributed by atoms with E-state index in [1.807, 2.05) is 63.5 Å². The number of carbonyl (C=O) groups excluding carboxylic acids is 1. The van der Waals surface area contributed by atoms with Crippen LogP contribution in [-0.4, -0.2) is 36.4 Å². The number of aromatic nitrogens is 1. The number of rotatable bonds is 6. The largest absolute Gasteiger partial charge is 0.350 e. The molecule has 0 aliphatic rings. The van der Waals surface area contributed by atoms with E-state index < -0.39 is 0 Å². The number of nitrogens with one attached hydrogen (secondary N) is 1. The van der Waals surface area contributed by atoms with Gasteiger partial charge < -0.3 is 10.2 Å². The second-order valence-electron chi connectivity index (χ2n) is 6.96. The summed E-state index contributed by atoms with van der Waals surface area (Å²) in [4.78, 5) is 20.7. The van der Waals surface area contributed by atoms with Gasteiger partial charge in [-0.05, 0) is 69.2 Å². The fourth-order valence-electron chi connectivity index (χ4n) is 3.12. The van der Waals surface area contributed by atoms with E-state index in [0.717, 1.165) is 22.5 Å². The van der Waals surface area contributed by atoms with E-state index in [2.05, 4.69) is 33.6 Å². The second kappa shape index (κ2) is 8.46. The fraction of sp³-hybridized carbons (Fsp3) is 0.273. The van der Waals surface area contributed by atoms with Gasteiger partial charge >= 0.3 is 0 Å². The van der Waals surface area contributed by atoms with Crippen LogP contribution in [0.2, 0.25) is 0 Å². The van der Waals surface area contributed by atoms with Gasteiger partial charge in [0.15, 0.2) is 0 Å². The maximum absolute atomic E-state index is 12.7. The van der Waals surface area contributed by atoms with Crippen molar-refractivity contribution in [3.63, 3.8) is 0 Å². The second-order valence-corrected chi connectivity index (χ2v) is 7.94. The maximum Gasteiger partial charge on any atom is 0.251 e. The summed E-state index contributed by atoms with van der Waals surface area (Å²) < 4.78 is 0. The molecule has 3 rings (SSSR count). The van der Waals surface area contributed by atoms with Crippen LogP contribution < -0.4 is 5.32 Å². The molecule has 0 spiro atoms. The Morgan fingerprint density at radius 2 is 1.96 bits per heavy atom. The molecule has 0 aliphatic carbocycles. The Morgan fingerprint density at radius 3 is 2.63 bits per heavy atom. The van der Waals surface area contributed by atoms with Crippen molar-refractivity contribution in [2.75, 3.05) is 20.6 Å². The van der Waals surface area contributed by atoms with Crippen LogP contribution in [0.5, 0.6) is 0 Å². The molecular weight excluding hydrogens is 354 g/mol. The van der Waals surface area contributed by atoms with Gasteiger partial charge in [-0.2, -0.15) is 0 Å². The summed E-state index contributed by atoms with van der Waals surface area (Å²) in [5.74, 6) is -0.0652. The highest BCUT2D eigenvalue weighted by atomic mass is 32.1. The third-order valence-electron chi connectivity index (χ3n) is 4.47. The zero-order chi connectivity index (χ0) is 19.4. The van der Waals surface area contributed by atoms with Gasteiger partial charge in [0.1, 0.15) is 0 Å². The standard InChI is InChI=1S/C22H25N3OS/c1-15-11-16(2)24-19(12-15)17-7-5-8-18(13-17)22(26)23-14-20(25(3)4)21-9-6-10-27-21/h5-13,20H,14H2,1-4H3,(H,23,26). The summed E-state index contributed by atoms with van der Waals surface area (Å²) in [5.41, 5.74) is 4.64. The van der Waals surface area contributed by atoms with Gasteiger partial charge in [-0.25, -0.2) is 0 Å². The lowest BCUT2D eigenvalue weighted by Crippen LogP contribution is -2.34. The Morgan fingerprint density at radius 1 is 1.15 bits per heavy atom. The third kappa shape index (κ3) is 4.81. The Balaban J connectivity index is 1.75. The fourth-order valence-corrected chi connectivity index (χ4v) is 4.04. The molecule has 2 aromatic heterocycles. The average molecular weight is 380 g/mol. The van der Waals surface area contributed by atoms with E-state index in [0.29, 0.717) is 12.1 Å². The first-order valence-electron chi connectivity index (χ1n) is 8.98. The van der Waals surface area contributed by atoms with Crippen LogP contribution in [0.1, 0.15) is 32.5 Å². The zero-order valence-electron chi connectivity index (χ0n) is 16.2. The summed E-state index contributed by atoms with van der Waals surface area (Å²) >= 11 is 1.71. The minimum absolute atomic E-state index is 0.0652. The van der Waals surface area contributed by atoms with E-state index in [9.17, 15) is 4.79 Å². The molecule has 1 unspecified atom stereocenters. The van der Waals surface area contributed by atoms with Crippen molar-refractivity contribution < 1.29 is 4.79 Å². The third-order valence-corrected chi connectivity index (χ3v) is 5.44. The van der Waals surface area contributed by atoms with E-state index in [1.165, 1.54) is 4.88 Å². The molecule has 27 heavy (non-hydrogen) atoms. The van der Waals surface area contributed by atoms with Gasteiger partial charge in [-0.1, -0.05) is 18.2 Å². The van der Waals surface area contributed by atoms with Crippen molar-refractivity contribution >= 4 is 17.2 Å². The lowest BCUT2D eigenvalue weighted by atomic mass is 10.1. The van der Waals surface area contributed by atoms with Crippen LogP contribution in [-0.2, 0) is 0 Å². The molecular formula is C22H25N3OS.